The summed E-state index contributed by atoms with van der Waals surface area (Å²) >= 11 is 0. The molecule has 0 spiro atoms. The average Bonchev–Trinajstić information content (AvgIpc) is 2.23. The first-order chi connectivity index (χ1) is 6.49. The summed E-state index contributed by atoms with van der Waals surface area (Å²) < 4.78 is 0. The van der Waals surface area contributed by atoms with Gasteiger partial charge in [-0.1, -0.05) is 34.1 Å². The topological polar surface area (TPSA) is 12.0 Å². The van der Waals surface area contributed by atoms with Gasteiger partial charge in [-0.2, -0.15) is 0 Å². The Morgan fingerprint density at radius 2 is 1.93 bits per heavy atom. The third-order valence-corrected chi connectivity index (χ3v) is 3.51. The maximum absolute atomic E-state index is 3.57. The van der Waals surface area contributed by atoms with Crippen LogP contribution in [0, 0.1) is 11.3 Å². The van der Waals surface area contributed by atoms with Crippen molar-refractivity contribution in [2.24, 2.45) is 11.3 Å². The van der Waals surface area contributed by atoms with Crippen LogP contribution in [-0.2, 0) is 0 Å². The molecular weight excluding hydrogens is 170 g/mol. The molecule has 0 aromatic rings. The van der Waals surface area contributed by atoms with Crippen LogP contribution in [0.2, 0.25) is 0 Å². The Bertz CT molecular complexity index is 161. The Morgan fingerprint density at radius 1 is 1.21 bits per heavy atom. The average molecular weight is 197 g/mol. The van der Waals surface area contributed by atoms with Crippen LogP contribution in [0.25, 0.3) is 0 Å². The molecule has 0 saturated heterocycles. The van der Waals surface area contributed by atoms with Crippen LogP contribution >= 0.6 is 0 Å². The predicted molar refractivity (Wildman–Crippen MR) is 63.5 cm³/mol. The van der Waals surface area contributed by atoms with E-state index in [-0.39, 0.29) is 0 Å². The van der Waals surface area contributed by atoms with Crippen LogP contribution in [0.4, 0.5) is 0 Å². The lowest BCUT2D eigenvalue weighted by molar-refractivity contribution is 0.305. The van der Waals surface area contributed by atoms with Crippen LogP contribution in [-0.4, -0.2) is 12.6 Å². The van der Waals surface area contributed by atoms with E-state index in [9.17, 15) is 0 Å². The zero-order valence-corrected chi connectivity index (χ0v) is 10.4. The number of nitrogens with one attached hydrogen (secondary N) is 1. The first kappa shape index (κ1) is 12.0. The molecule has 0 aliphatic heterocycles. The molecule has 0 amide bonds. The van der Waals surface area contributed by atoms with E-state index in [1.54, 1.807) is 0 Å². The Morgan fingerprint density at radius 3 is 2.57 bits per heavy atom. The van der Waals surface area contributed by atoms with Crippen molar-refractivity contribution in [1.29, 1.82) is 0 Å². The van der Waals surface area contributed by atoms with Gasteiger partial charge in [-0.05, 0) is 43.6 Å². The second kappa shape index (κ2) is 5.16. The quantitative estimate of drug-likeness (QED) is 0.682. The van der Waals surface area contributed by atoms with Gasteiger partial charge in [0.25, 0.3) is 0 Å². The van der Waals surface area contributed by atoms with Crippen molar-refractivity contribution in [1.82, 2.24) is 5.32 Å². The highest BCUT2D eigenvalue weighted by atomic mass is 14.9. The maximum atomic E-state index is 3.57. The molecule has 1 aliphatic carbocycles. The lowest BCUT2D eigenvalue weighted by Gasteiger charge is -2.22. The predicted octanol–water partition coefficient (Wildman–Crippen LogP) is 3.59. The fourth-order valence-electron chi connectivity index (χ4n) is 2.34. The molecule has 1 atom stereocenters. The molecule has 1 rings (SSSR count). The number of rotatable bonds is 3. The minimum absolute atomic E-state index is 0.604. The zero-order valence-electron chi connectivity index (χ0n) is 10.4. The largest absolute Gasteiger partial charge is 0.314 e. The van der Waals surface area contributed by atoms with Gasteiger partial charge < -0.3 is 5.32 Å². The van der Waals surface area contributed by atoms with E-state index >= 15 is 0 Å². The van der Waals surface area contributed by atoms with E-state index in [1.807, 2.05) is 0 Å². The minimum atomic E-state index is 0.604. The van der Waals surface area contributed by atoms with Crippen LogP contribution in [0.15, 0.2) is 0 Å². The van der Waals surface area contributed by atoms with E-state index in [4.69, 9.17) is 0 Å². The molecule has 1 saturated carbocycles. The molecule has 0 heterocycles. The lowest BCUT2D eigenvalue weighted by Crippen LogP contribution is -2.28. The number of hydrogen-bond acceptors (Lipinski definition) is 1. The van der Waals surface area contributed by atoms with Crippen molar-refractivity contribution in [3.05, 3.63) is 0 Å². The summed E-state index contributed by atoms with van der Waals surface area (Å²) in [7, 11) is 0. The van der Waals surface area contributed by atoms with Gasteiger partial charge in [-0.3, -0.25) is 0 Å². The van der Waals surface area contributed by atoms with Gasteiger partial charge in [0, 0.05) is 6.04 Å². The monoisotopic (exact) mass is 197 g/mol. The molecule has 1 N–H and O–H groups in total. The van der Waals surface area contributed by atoms with Gasteiger partial charge in [0.05, 0.1) is 0 Å². The fourth-order valence-corrected chi connectivity index (χ4v) is 2.34. The molecule has 1 aliphatic rings. The van der Waals surface area contributed by atoms with Crippen molar-refractivity contribution >= 4 is 0 Å². The summed E-state index contributed by atoms with van der Waals surface area (Å²) in [6.07, 6.45) is 7.12. The molecule has 1 nitrogen and oxygen atoms in total. The molecule has 14 heavy (non-hydrogen) atoms. The lowest BCUT2D eigenvalue weighted by atomic mass is 9.85. The summed E-state index contributed by atoms with van der Waals surface area (Å²) in [5, 5.41) is 3.57. The van der Waals surface area contributed by atoms with E-state index in [2.05, 4.69) is 33.0 Å². The Hall–Kier alpha value is -0.0400. The molecule has 1 fully saturated rings. The van der Waals surface area contributed by atoms with Crippen molar-refractivity contribution < 1.29 is 0 Å². The highest BCUT2D eigenvalue weighted by molar-refractivity contribution is 4.77. The van der Waals surface area contributed by atoms with Crippen molar-refractivity contribution in [2.45, 2.75) is 65.8 Å². The van der Waals surface area contributed by atoms with Crippen LogP contribution in [0.5, 0.6) is 0 Å². The minimum Gasteiger partial charge on any atom is -0.314 e. The Kier molecular flexibility index (Phi) is 4.43. The smallest absolute Gasteiger partial charge is 0.00104 e. The van der Waals surface area contributed by atoms with Gasteiger partial charge in [-0.15, -0.1) is 0 Å². The third-order valence-electron chi connectivity index (χ3n) is 3.51. The van der Waals surface area contributed by atoms with Crippen molar-refractivity contribution in [3.63, 3.8) is 0 Å². The summed E-state index contributed by atoms with van der Waals surface area (Å²) in [5.74, 6) is 0.930. The van der Waals surface area contributed by atoms with Gasteiger partial charge in [0.15, 0.2) is 0 Å². The summed E-state index contributed by atoms with van der Waals surface area (Å²) in [5.41, 5.74) is 0.604. The summed E-state index contributed by atoms with van der Waals surface area (Å²) in [6.45, 7) is 10.5. The second-order valence-corrected chi connectivity index (χ2v) is 6.02. The molecule has 84 valence electrons. The van der Waals surface area contributed by atoms with E-state index in [0.29, 0.717) is 11.5 Å². The van der Waals surface area contributed by atoms with Gasteiger partial charge in [0.1, 0.15) is 0 Å². The molecule has 0 aromatic carbocycles. The Labute approximate surface area is 89.7 Å². The molecule has 0 radical (unpaired) electrons. The Balaban J connectivity index is 2.28. The summed E-state index contributed by atoms with van der Waals surface area (Å²) in [4.78, 5) is 0. The van der Waals surface area contributed by atoms with Crippen LogP contribution in [0.3, 0.4) is 0 Å². The fraction of sp³-hybridized carbons (Fsp3) is 1.00. The van der Waals surface area contributed by atoms with Crippen LogP contribution in [0.1, 0.15) is 59.8 Å². The van der Waals surface area contributed by atoms with Crippen LogP contribution < -0.4 is 5.32 Å². The first-order valence-corrected chi connectivity index (χ1v) is 6.23. The molecule has 0 aromatic heterocycles. The van der Waals surface area contributed by atoms with Gasteiger partial charge in [0.2, 0.25) is 0 Å². The molecule has 0 bridgehead atoms. The SMILES string of the molecule is CC(C)NCC1CCCC(C)(C)CC1. The van der Waals surface area contributed by atoms with E-state index in [0.717, 1.165) is 5.92 Å². The highest BCUT2D eigenvalue weighted by Crippen LogP contribution is 2.35. The maximum Gasteiger partial charge on any atom is 0.00104 e. The third kappa shape index (κ3) is 4.45. The molecule has 1 unspecified atom stereocenters. The normalized spacial score (nSPS) is 27.6. The first-order valence-electron chi connectivity index (χ1n) is 6.23. The molecular formula is C13H27N. The summed E-state index contributed by atoms with van der Waals surface area (Å²) in [6, 6.07) is 0.645. The second-order valence-electron chi connectivity index (χ2n) is 6.02. The van der Waals surface area contributed by atoms with Gasteiger partial charge in [-0.25, -0.2) is 0 Å². The van der Waals surface area contributed by atoms with Gasteiger partial charge >= 0.3 is 0 Å². The zero-order chi connectivity index (χ0) is 10.6. The molecule has 1 heteroatoms. The number of hydrogen-bond donors (Lipinski definition) is 1. The highest BCUT2D eigenvalue weighted by Gasteiger charge is 2.23. The van der Waals surface area contributed by atoms with E-state index in [1.165, 1.54) is 38.6 Å². The standard InChI is InChI=1S/C13H27N/c1-11(2)14-10-12-6-5-8-13(3,4)9-7-12/h11-12,14H,5-10H2,1-4H3. The van der Waals surface area contributed by atoms with Crippen molar-refractivity contribution in [2.75, 3.05) is 6.54 Å². The van der Waals surface area contributed by atoms with Crippen molar-refractivity contribution in [3.8, 4) is 0 Å². The van der Waals surface area contributed by atoms with E-state index < -0.39 is 0 Å².